The second-order valence-electron chi connectivity index (χ2n) is 4.40. The number of nitrogens with zero attached hydrogens (tertiary/aromatic N) is 1. The number of hydrogen-bond donors (Lipinski definition) is 2. The summed E-state index contributed by atoms with van der Waals surface area (Å²) in [5.74, 6) is 0. The smallest absolute Gasteiger partial charge is 0.384 e. The number of aromatic nitrogens is 1. The summed E-state index contributed by atoms with van der Waals surface area (Å²) >= 11 is 0.519. The number of halogens is 3. The van der Waals surface area contributed by atoms with Crippen molar-refractivity contribution in [3.63, 3.8) is 0 Å². The van der Waals surface area contributed by atoms with Gasteiger partial charge in [-0.3, -0.25) is 0 Å². The lowest BCUT2D eigenvalue weighted by atomic mass is 9.82. The van der Waals surface area contributed by atoms with Gasteiger partial charge in [0.2, 0.25) is 0 Å². The molecule has 3 N–H and O–H groups in total. The number of alkyl halides is 3. The largest absolute Gasteiger partial charge is 0.443 e. The minimum absolute atomic E-state index is 0.0327. The van der Waals surface area contributed by atoms with Crippen LogP contribution in [-0.2, 0) is 11.8 Å². The summed E-state index contributed by atoms with van der Waals surface area (Å²) in [6.07, 6.45) is -1.28. The van der Waals surface area contributed by atoms with E-state index in [4.69, 9.17) is 5.73 Å². The predicted octanol–water partition coefficient (Wildman–Crippen LogP) is 2.25. The molecule has 3 nitrogen and oxygen atoms in total. The average molecular weight is 266 g/mol. The normalized spacial score (nSPS) is 30.5. The van der Waals surface area contributed by atoms with Crippen molar-refractivity contribution in [2.45, 2.75) is 43.5 Å². The maximum Gasteiger partial charge on any atom is 0.443 e. The van der Waals surface area contributed by atoms with E-state index in [-0.39, 0.29) is 10.9 Å². The predicted molar refractivity (Wildman–Crippen MR) is 57.5 cm³/mol. The fourth-order valence-corrected chi connectivity index (χ4v) is 2.91. The van der Waals surface area contributed by atoms with Crippen LogP contribution in [0.4, 0.5) is 13.2 Å². The zero-order chi connectivity index (χ0) is 12.7. The molecular weight excluding hydrogens is 253 g/mol. The monoisotopic (exact) mass is 266 g/mol. The molecule has 0 aliphatic heterocycles. The molecule has 2 rings (SSSR count). The molecule has 7 heteroatoms. The highest BCUT2D eigenvalue weighted by molar-refractivity contribution is 7.11. The van der Waals surface area contributed by atoms with Gasteiger partial charge in [0, 0.05) is 12.2 Å². The van der Waals surface area contributed by atoms with Crippen LogP contribution in [0.1, 0.15) is 35.6 Å². The lowest BCUT2D eigenvalue weighted by molar-refractivity contribution is -0.137. The molecule has 1 aliphatic carbocycles. The lowest BCUT2D eigenvalue weighted by Gasteiger charge is -2.33. The van der Waals surface area contributed by atoms with Gasteiger partial charge in [0.25, 0.3) is 0 Å². The van der Waals surface area contributed by atoms with Gasteiger partial charge < -0.3 is 10.8 Å². The third kappa shape index (κ3) is 2.61. The molecule has 1 heterocycles. The van der Waals surface area contributed by atoms with Crippen LogP contribution in [-0.4, -0.2) is 16.1 Å². The number of rotatable bonds is 1. The van der Waals surface area contributed by atoms with E-state index in [1.807, 2.05) is 0 Å². The van der Waals surface area contributed by atoms with Crippen LogP contribution in [0, 0.1) is 0 Å². The van der Waals surface area contributed by atoms with Crippen molar-refractivity contribution in [1.82, 2.24) is 4.98 Å². The van der Waals surface area contributed by atoms with Crippen LogP contribution in [0.25, 0.3) is 0 Å². The second-order valence-corrected chi connectivity index (χ2v) is 5.43. The summed E-state index contributed by atoms with van der Waals surface area (Å²) < 4.78 is 37.2. The van der Waals surface area contributed by atoms with E-state index >= 15 is 0 Å². The molecule has 0 spiro atoms. The summed E-state index contributed by atoms with van der Waals surface area (Å²) in [6, 6.07) is 0.0327. The Balaban J connectivity index is 2.20. The Morgan fingerprint density at radius 1 is 1.41 bits per heavy atom. The molecule has 96 valence electrons. The van der Waals surface area contributed by atoms with Crippen LogP contribution in [0.5, 0.6) is 0 Å². The molecule has 1 fully saturated rings. The zero-order valence-electron chi connectivity index (χ0n) is 9.00. The van der Waals surface area contributed by atoms with E-state index in [2.05, 4.69) is 4.98 Å². The van der Waals surface area contributed by atoms with E-state index in [1.54, 1.807) is 0 Å². The average Bonchev–Trinajstić information content (AvgIpc) is 2.72. The fourth-order valence-electron chi connectivity index (χ4n) is 1.98. The van der Waals surface area contributed by atoms with Crippen molar-refractivity contribution in [1.29, 1.82) is 0 Å². The molecule has 0 amide bonds. The molecule has 0 radical (unpaired) electrons. The molecule has 1 saturated carbocycles. The van der Waals surface area contributed by atoms with Gasteiger partial charge in [0.1, 0.15) is 5.60 Å². The van der Waals surface area contributed by atoms with Crippen LogP contribution < -0.4 is 5.73 Å². The van der Waals surface area contributed by atoms with E-state index < -0.39 is 16.8 Å². The molecular formula is C10H13F3N2OS. The third-order valence-corrected chi connectivity index (χ3v) is 4.30. The van der Waals surface area contributed by atoms with Crippen molar-refractivity contribution in [2.24, 2.45) is 5.73 Å². The van der Waals surface area contributed by atoms with Gasteiger partial charge in [-0.1, -0.05) is 0 Å². The molecule has 17 heavy (non-hydrogen) atoms. The topological polar surface area (TPSA) is 59.1 Å². The SMILES string of the molecule is NC1CCC(O)(c2cnc(C(F)(F)F)s2)CC1. The maximum atomic E-state index is 12.4. The van der Waals surface area contributed by atoms with Gasteiger partial charge in [-0.15, -0.1) is 11.3 Å². The minimum atomic E-state index is -4.44. The third-order valence-electron chi connectivity index (χ3n) is 3.06. The Bertz CT molecular complexity index is 397. The van der Waals surface area contributed by atoms with Gasteiger partial charge >= 0.3 is 6.18 Å². The van der Waals surface area contributed by atoms with E-state index in [1.165, 1.54) is 0 Å². The number of hydrogen-bond acceptors (Lipinski definition) is 4. The first-order valence-electron chi connectivity index (χ1n) is 5.33. The fraction of sp³-hybridized carbons (Fsp3) is 0.700. The Morgan fingerprint density at radius 2 is 2.00 bits per heavy atom. The Morgan fingerprint density at radius 3 is 2.47 bits per heavy atom. The quantitative estimate of drug-likeness (QED) is 0.819. The first-order chi connectivity index (χ1) is 7.81. The zero-order valence-corrected chi connectivity index (χ0v) is 9.81. The van der Waals surface area contributed by atoms with Crippen molar-refractivity contribution in [3.05, 3.63) is 16.1 Å². The standard InChI is InChI=1S/C10H13F3N2OS/c11-10(12,13)8-15-5-7(17-8)9(16)3-1-6(14)2-4-9/h5-6,16H,1-4,14H2. The van der Waals surface area contributed by atoms with Gasteiger partial charge in [-0.25, -0.2) is 4.98 Å². The number of aliphatic hydroxyl groups is 1. The molecule has 1 aromatic heterocycles. The summed E-state index contributed by atoms with van der Waals surface area (Å²) in [5, 5.41) is 9.38. The van der Waals surface area contributed by atoms with Gasteiger partial charge in [-0.2, -0.15) is 13.2 Å². The number of thiazole rings is 1. The van der Waals surface area contributed by atoms with E-state index in [9.17, 15) is 18.3 Å². The van der Waals surface area contributed by atoms with Crippen molar-refractivity contribution >= 4 is 11.3 Å². The Hall–Kier alpha value is -0.660. The van der Waals surface area contributed by atoms with Crippen molar-refractivity contribution < 1.29 is 18.3 Å². The molecule has 0 saturated heterocycles. The molecule has 0 atom stereocenters. The van der Waals surface area contributed by atoms with Gasteiger partial charge in [-0.05, 0) is 25.7 Å². The summed E-state index contributed by atoms with van der Waals surface area (Å²) in [7, 11) is 0. The van der Waals surface area contributed by atoms with Gasteiger partial charge in [0.15, 0.2) is 5.01 Å². The number of nitrogens with two attached hydrogens (primary N) is 1. The Labute approximate surface area is 100 Å². The Kier molecular flexibility index (Phi) is 3.17. The van der Waals surface area contributed by atoms with Crippen LogP contribution in [0.15, 0.2) is 6.20 Å². The lowest BCUT2D eigenvalue weighted by Crippen LogP contribution is -2.36. The highest BCUT2D eigenvalue weighted by atomic mass is 32.1. The second kappa shape index (κ2) is 4.22. The molecule has 0 bridgehead atoms. The van der Waals surface area contributed by atoms with Crippen LogP contribution in [0.2, 0.25) is 0 Å². The summed E-state index contributed by atoms with van der Waals surface area (Å²) in [5.41, 5.74) is 4.52. The van der Waals surface area contributed by atoms with Crippen LogP contribution in [0.3, 0.4) is 0 Å². The first kappa shape index (κ1) is 12.8. The van der Waals surface area contributed by atoms with Gasteiger partial charge in [0.05, 0.1) is 4.88 Å². The molecule has 0 aromatic carbocycles. The van der Waals surface area contributed by atoms with E-state index in [0.717, 1.165) is 6.20 Å². The molecule has 0 unspecified atom stereocenters. The first-order valence-corrected chi connectivity index (χ1v) is 6.14. The van der Waals surface area contributed by atoms with Crippen LogP contribution >= 0.6 is 11.3 Å². The van der Waals surface area contributed by atoms with E-state index in [0.29, 0.717) is 37.0 Å². The minimum Gasteiger partial charge on any atom is -0.384 e. The highest BCUT2D eigenvalue weighted by Gasteiger charge is 2.40. The molecule has 1 aromatic rings. The maximum absolute atomic E-state index is 12.4. The van der Waals surface area contributed by atoms with Crippen molar-refractivity contribution in [2.75, 3.05) is 0 Å². The van der Waals surface area contributed by atoms with Crippen molar-refractivity contribution in [3.8, 4) is 0 Å². The summed E-state index contributed by atoms with van der Waals surface area (Å²) in [6.45, 7) is 0. The molecule has 1 aliphatic rings. The summed E-state index contributed by atoms with van der Waals surface area (Å²) in [4.78, 5) is 3.62. The highest BCUT2D eigenvalue weighted by Crippen LogP contribution is 2.42.